The average molecular weight is 227 g/mol. The van der Waals surface area contributed by atoms with Crippen molar-refractivity contribution in [1.82, 2.24) is 15.3 Å². The van der Waals surface area contributed by atoms with Gasteiger partial charge in [-0.3, -0.25) is 0 Å². The molecule has 0 unspecified atom stereocenters. The molecule has 82 valence electrons. The van der Waals surface area contributed by atoms with Crippen LogP contribution in [0.5, 0.6) is 0 Å². The van der Waals surface area contributed by atoms with Crippen LogP contribution in [0.4, 0.5) is 5.82 Å². The van der Waals surface area contributed by atoms with Gasteiger partial charge < -0.3 is 10.2 Å². The van der Waals surface area contributed by atoms with Gasteiger partial charge in [-0.2, -0.15) is 0 Å². The Balaban J connectivity index is 2.27. The van der Waals surface area contributed by atoms with Crippen LogP contribution >= 0.6 is 11.6 Å². The maximum absolute atomic E-state index is 5.92. The lowest BCUT2D eigenvalue weighted by atomic mass is 10.2. The van der Waals surface area contributed by atoms with Crippen molar-refractivity contribution in [3.63, 3.8) is 0 Å². The molecule has 0 amide bonds. The van der Waals surface area contributed by atoms with Gasteiger partial charge in [0.15, 0.2) is 0 Å². The molecule has 0 bridgehead atoms. The lowest BCUT2D eigenvalue weighted by molar-refractivity contribution is 0.496. The summed E-state index contributed by atoms with van der Waals surface area (Å²) in [7, 11) is 0. The molecule has 0 saturated carbocycles. The zero-order valence-corrected chi connectivity index (χ0v) is 9.75. The zero-order chi connectivity index (χ0) is 10.8. The van der Waals surface area contributed by atoms with Crippen molar-refractivity contribution >= 4 is 17.4 Å². The van der Waals surface area contributed by atoms with Crippen LogP contribution in [0.3, 0.4) is 0 Å². The first-order valence-electron chi connectivity index (χ1n) is 5.15. The molecular formula is C10H15ClN4. The van der Waals surface area contributed by atoms with Gasteiger partial charge in [-0.1, -0.05) is 11.6 Å². The number of rotatable bonds is 1. The second-order valence-corrected chi connectivity index (χ2v) is 4.23. The number of aryl methyl sites for hydroxylation is 1. The van der Waals surface area contributed by atoms with Gasteiger partial charge in [0.2, 0.25) is 0 Å². The molecule has 1 atom stereocenters. The molecule has 4 nitrogen and oxygen atoms in total. The number of nitrogens with zero attached hydrogens (tertiary/aromatic N) is 3. The first-order chi connectivity index (χ1) is 7.16. The second-order valence-electron chi connectivity index (χ2n) is 3.84. The minimum absolute atomic E-state index is 0.448. The molecule has 1 aromatic heterocycles. The Morgan fingerprint density at radius 1 is 1.53 bits per heavy atom. The highest BCUT2D eigenvalue weighted by Crippen LogP contribution is 2.18. The van der Waals surface area contributed by atoms with E-state index in [2.05, 4.69) is 27.1 Å². The molecule has 15 heavy (non-hydrogen) atoms. The Morgan fingerprint density at radius 3 is 3.00 bits per heavy atom. The van der Waals surface area contributed by atoms with E-state index >= 15 is 0 Å². The van der Waals surface area contributed by atoms with Gasteiger partial charge in [-0.05, 0) is 13.8 Å². The second kappa shape index (κ2) is 4.33. The first-order valence-corrected chi connectivity index (χ1v) is 5.53. The van der Waals surface area contributed by atoms with Crippen molar-refractivity contribution in [2.24, 2.45) is 0 Å². The van der Waals surface area contributed by atoms with E-state index in [1.54, 1.807) is 0 Å². The van der Waals surface area contributed by atoms with Crippen LogP contribution in [-0.2, 0) is 0 Å². The Labute approximate surface area is 94.7 Å². The summed E-state index contributed by atoms with van der Waals surface area (Å²) in [5, 5.41) is 3.86. The maximum Gasteiger partial charge on any atom is 0.134 e. The van der Waals surface area contributed by atoms with Gasteiger partial charge in [-0.25, -0.2) is 9.97 Å². The van der Waals surface area contributed by atoms with Crippen LogP contribution in [0.2, 0.25) is 5.15 Å². The van der Waals surface area contributed by atoms with E-state index in [9.17, 15) is 0 Å². The smallest absolute Gasteiger partial charge is 0.134 e. The number of halogens is 1. The van der Waals surface area contributed by atoms with Crippen LogP contribution in [0.1, 0.15) is 12.7 Å². The first kappa shape index (κ1) is 10.6. The summed E-state index contributed by atoms with van der Waals surface area (Å²) < 4.78 is 0. The molecule has 1 N–H and O–H groups in total. The average Bonchev–Trinajstić information content (AvgIpc) is 2.16. The topological polar surface area (TPSA) is 41.1 Å². The molecule has 1 aromatic rings. The third-order valence-corrected chi connectivity index (χ3v) is 2.78. The van der Waals surface area contributed by atoms with Crippen LogP contribution in [0.15, 0.2) is 6.07 Å². The van der Waals surface area contributed by atoms with E-state index in [1.807, 2.05) is 13.0 Å². The van der Waals surface area contributed by atoms with Gasteiger partial charge in [0.05, 0.1) is 0 Å². The fourth-order valence-corrected chi connectivity index (χ4v) is 2.06. The number of hydrogen-bond acceptors (Lipinski definition) is 4. The van der Waals surface area contributed by atoms with E-state index in [4.69, 9.17) is 11.6 Å². The Hall–Kier alpha value is -0.870. The number of anilines is 1. The van der Waals surface area contributed by atoms with Gasteiger partial charge >= 0.3 is 0 Å². The molecule has 2 rings (SSSR count). The van der Waals surface area contributed by atoms with E-state index < -0.39 is 0 Å². The number of aromatic nitrogens is 2. The molecule has 2 heterocycles. The Morgan fingerprint density at radius 2 is 2.33 bits per heavy atom. The molecular weight excluding hydrogens is 212 g/mol. The van der Waals surface area contributed by atoms with Crippen LogP contribution < -0.4 is 10.2 Å². The normalized spacial score (nSPS) is 21.8. The Bertz CT molecular complexity index is 335. The van der Waals surface area contributed by atoms with Crippen LogP contribution in [0, 0.1) is 6.92 Å². The molecule has 1 aliphatic rings. The highest BCUT2D eigenvalue weighted by molar-refractivity contribution is 6.29. The monoisotopic (exact) mass is 226 g/mol. The minimum Gasteiger partial charge on any atom is -0.351 e. The fraction of sp³-hybridized carbons (Fsp3) is 0.600. The van der Waals surface area contributed by atoms with Gasteiger partial charge in [0, 0.05) is 31.7 Å². The number of piperazine rings is 1. The lowest BCUT2D eigenvalue weighted by Gasteiger charge is -2.34. The van der Waals surface area contributed by atoms with Crippen LogP contribution in [0.25, 0.3) is 0 Å². The summed E-state index contributed by atoms with van der Waals surface area (Å²) in [5.41, 5.74) is 0. The summed E-state index contributed by atoms with van der Waals surface area (Å²) >= 11 is 5.92. The van der Waals surface area contributed by atoms with Crippen molar-refractivity contribution in [2.45, 2.75) is 19.9 Å². The molecule has 0 radical (unpaired) electrons. The number of hydrogen-bond donors (Lipinski definition) is 1. The molecule has 1 fully saturated rings. The van der Waals surface area contributed by atoms with Crippen molar-refractivity contribution < 1.29 is 0 Å². The van der Waals surface area contributed by atoms with Gasteiger partial charge in [0.25, 0.3) is 0 Å². The van der Waals surface area contributed by atoms with Crippen molar-refractivity contribution in [2.75, 3.05) is 24.5 Å². The summed E-state index contributed by atoms with van der Waals surface area (Å²) in [4.78, 5) is 10.7. The fourth-order valence-electron chi connectivity index (χ4n) is 1.84. The quantitative estimate of drug-likeness (QED) is 0.732. The SMILES string of the molecule is Cc1nc(Cl)cc(N2CCNC[C@@H]2C)n1. The minimum atomic E-state index is 0.448. The number of nitrogens with one attached hydrogen (secondary N) is 1. The van der Waals surface area contributed by atoms with E-state index in [0.717, 1.165) is 31.3 Å². The van der Waals surface area contributed by atoms with Crippen molar-refractivity contribution in [3.05, 3.63) is 17.0 Å². The predicted molar refractivity (Wildman–Crippen MR) is 61.5 cm³/mol. The molecule has 0 spiro atoms. The van der Waals surface area contributed by atoms with E-state index in [1.165, 1.54) is 0 Å². The maximum atomic E-state index is 5.92. The molecule has 5 heteroatoms. The molecule has 1 saturated heterocycles. The van der Waals surface area contributed by atoms with E-state index in [0.29, 0.717) is 11.2 Å². The highest BCUT2D eigenvalue weighted by Gasteiger charge is 2.19. The highest BCUT2D eigenvalue weighted by atomic mass is 35.5. The summed E-state index contributed by atoms with van der Waals surface area (Å²) in [5.74, 6) is 1.66. The third kappa shape index (κ3) is 2.38. The predicted octanol–water partition coefficient (Wildman–Crippen LogP) is 1.24. The molecule has 0 aliphatic carbocycles. The molecule has 0 aromatic carbocycles. The van der Waals surface area contributed by atoms with Crippen molar-refractivity contribution in [3.8, 4) is 0 Å². The largest absolute Gasteiger partial charge is 0.351 e. The van der Waals surface area contributed by atoms with Gasteiger partial charge in [0.1, 0.15) is 16.8 Å². The van der Waals surface area contributed by atoms with Gasteiger partial charge in [-0.15, -0.1) is 0 Å². The molecule has 1 aliphatic heterocycles. The summed E-state index contributed by atoms with van der Waals surface area (Å²) in [6.07, 6.45) is 0. The summed E-state index contributed by atoms with van der Waals surface area (Å²) in [6.45, 7) is 6.99. The Kier molecular flexibility index (Phi) is 3.07. The lowest BCUT2D eigenvalue weighted by Crippen LogP contribution is -2.50. The summed E-state index contributed by atoms with van der Waals surface area (Å²) in [6, 6.07) is 2.28. The van der Waals surface area contributed by atoms with Crippen molar-refractivity contribution in [1.29, 1.82) is 0 Å². The standard InChI is InChI=1S/C10H15ClN4/c1-7-6-12-3-4-15(7)10-5-9(11)13-8(2)14-10/h5,7,12H,3-4,6H2,1-2H3/t7-/m0/s1. The van der Waals surface area contributed by atoms with Crippen LogP contribution in [-0.4, -0.2) is 35.6 Å². The zero-order valence-electron chi connectivity index (χ0n) is 9.00. The van der Waals surface area contributed by atoms with E-state index in [-0.39, 0.29) is 0 Å². The third-order valence-electron chi connectivity index (χ3n) is 2.59.